The Morgan fingerprint density at radius 3 is 2.89 bits per heavy atom. The molecule has 4 rings (SSSR count). The molecule has 0 spiro atoms. The summed E-state index contributed by atoms with van der Waals surface area (Å²) < 4.78 is 6.93. The molecule has 0 aliphatic carbocycles. The molecule has 0 amide bonds. The molecular weight excluding hydrogens is 378 g/mol. The number of hydrogen-bond donors (Lipinski definition) is 1. The van der Waals surface area contributed by atoms with Crippen LogP contribution < -0.4 is 15.2 Å². The van der Waals surface area contributed by atoms with Crippen molar-refractivity contribution in [1.29, 1.82) is 0 Å². The number of nitrogens with zero attached hydrogens (tertiary/aromatic N) is 3. The zero-order chi connectivity index (χ0) is 19.7. The number of halogens is 1. The minimum absolute atomic E-state index is 0.0780. The minimum Gasteiger partial charge on any atom is -0.495 e. The third kappa shape index (κ3) is 3.45. The number of aliphatic hydroxyl groups excluding tert-OH is 1. The molecule has 6 nitrogen and oxygen atoms in total. The third-order valence-electron chi connectivity index (χ3n) is 5.30. The average molecular weight is 400 g/mol. The quantitative estimate of drug-likeness (QED) is 0.714. The van der Waals surface area contributed by atoms with Gasteiger partial charge in [0, 0.05) is 30.3 Å². The van der Waals surface area contributed by atoms with Gasteiger partial charge >= 0.3 is 0 Å². The highest BCUT2D eigenvalue weighted by Gasteiger charge is 2.25. The van der Waals surface area contributed by atoms with Crippen molar-refractivity contribution in [2.24, 2.45) is 0 Å². The molecule has 1 atom stereocenters. The Morgan fingerprint density at radius 2 is 2.14 bits per heavy atom. The predicted molar refractivity (Wildman–Crippen MR) is 111 cm³/mol. The zero-order valence-corrected chi connectivity index (χ0v) is 16.4. The summed E-state index contributed by atoms with van der Waals surface area (Å²) in [6.07, 6.45) is 3.76. The maximum absolute atomic E-state index is 12.6. The molecule has 0 radical (unpaired) electrons. The summed E-state index contributed by atoms with van der Waals surface area (Å²) in [5.41, 5.74) is 1.64. The number of ether oxygens (including phenoxy) is 1. The second-order valence-electron chi connectivity index (χ2n) is 7.00. The van der Waals surface area contributed by atoms with E-state index in [1.807, 2.05) is 18.2 Å². The normalized spacial score (nSPS) is 16.7. The van der Waals surface area contributed by atoms with Gasteiger partial charge in [-0.15, -0.1) is 0 Å². The third-order valence-corrected chi connectivity index (χ3v) is 5.59. The first-order chi connectivity index (χ1) is 13.6. The molecule has 146 valence electrons. The Bertz CT molecular complexity index is 1070. The van der Waals surface area contributed by atoms with Crippen LogP contribution in [0.15, 0.2) is 47.4 Å². The van der Waals surface area contributed by atoms with E-state index in [0.717, 1.165) is 41.7 Å². The van der Waals surface area contributed by atoms with Gasteiger partial charge in [-0.05, 0) is 36.6 Å². The zero-order valence-electron chi connectivity index (χ0n) is 15.6. The number of aromatic nitrogens is 2. The lowest BCUT2D eigenvalue weighted by Gasteiger charge is -2.24. The SMILES string of the molecule is COc1ccc(Cn2c(=O)ccc3cnc(N4CCC[C@H]4CO)cc32)cc1Cl. The number of benzene rings is 1. The van der Waals surface area contributed by atoms with Crippen LogP contribution in [-0.2, 0) is 6.54 Å². The number of methoxy groups -OCH3 is 1. The molecular formula is C21H22ClN3O3. The fraction of sp³-hybridized carbons (Fsp3) is 0.333. The first-order valence-electron chi connectivity index (χ1n) is 9.30. The van der Waals surface area contributed by atoms with Gasteiger partial charge in [0.05, 0.1) is 36.8 Å². The molecule has 3 heterocycles. The lowest BCUT2D eigenvalue weighted by molar-refractivity contribution is 0.266. The largest absolute Gasteiger partial charge is 0.495 e. The maximum atomic E-state index is 12.6. The van der Waals surface area contributed by atoms with Gasteiger partial charge in [0.15, 0.2) is 0 Å². The van der Waals surface area contributed by atoms with Crippen LogP contribution in [-0.4, -0.2) is 41.0 Å². The van der Waals surface area contributed by atoms with E-state index < -0.39 is 0 Å². The van der Waals surface area contributed by atoms with E-state index in [4.69, 9.17) is 16.3 Å². The number of anilines is 1. The van der Waals surface area contributed by atoms with Crippen LogP contribution in [0.25, 0.3) is 10.9 Å². The number of pyridine rings is 2. The predicted octanol–water partition coefficient (Wildman–Crippen LogP) is 3.07. The van der Waals surface area contributed by atoms with Gasteiger partial charge in [0.2, 0.25) is 0 Å². The number of aliphatic hydroxyl groups is 1. The minimum atomic E-state index is -0.0864. The first-order valence-corrected chi connectivity index (χ1v) is 9.68. The molecule has 7 heteroatoms. The summed E-state index contributed by atoms with van der Waals surface area (Å²) in [5, 5.41) is 11.0. The van der Waals surface area contributed by atoms with Crippen molar-refractivity contribution < 1.29 is 9.84 Å². The number of hydrogen-bond acceptors (Lipinski definition) is 5. The van der Waals surface area contributed by atoms with E-state index in [2.05, 4.69) is 9.88 Å². The molecule has 0 bridgehead atoms. The molecule has 1 aromatic carbocycles. The molecule has 1 fully saturated rings. The Morgan fingerprint density at radius 1 is 1.29 bits per heavy atom. The van der Waals surface area contributed by atoms with Gasteiger partial charge in [-0.3, -0.25) is 4.79 Å². The van der Waals surface area contributed by atoms with E-state index in [0.29, 0.717) is 17.3 Å². The average Bonchev–Trinajstić information content (AvgIpc) is 3.19. The molecule has 3 aromatic rings. The monoisotopic (exact) mass is 399 g/mol. The molecule has 0 unspecified atom stereocenters. The Labute approximate surface area is 168 Å². The Hall–Kier alpha value is -2.57. The van der Waals surface area contributed by atoms with E-state index in [1.165, 1.54) is 0 Å². The van der Waals surface area contributed by atoms with Crippen LogP contribution in [0.4, 0.5) is 5.82 Å². The fourth-order valence-electron chi connectivity index (χ4n) is 3.81. The summed E-state index contributed by atoms with van der Waals surface area (Å²) >= 11 is 6.24. The van der Waals surface area contributed by atoms with E-state index in [9.17, 15) is 9.90 Å². The van der Waals surface area contributed by atoms with Crippen molar-refractivity contribution in [3.8, 4) is 5.75 Å². The van der Waals surface area contributed by atoms with Crippen molar-refractivity contribution >= 4 is 28.3 Å². The summed E-state index contributed by atoms with van der Waals surface area (Å²) in [4.78, 5) is 19.3. The van der Waals surface area contributed by atoms with Crippen molar-refractivity contribution in [3.63, 3.8) is 0 Å². The second kappa shape index (κ2) is 7.81. The summed E-state index contributed by atoms with van der Waals surface area (Å²) in [6, 6.07) is 10.9. The molecule has 28 heavy (non-hydrogen) atoms. The first kappa shape index (κ1) is 18.8. The Kier molecular flexibility index (Phi) is 5.24. The summed E-state index contributed by atoms with van der Waals surface area (Å²) in [7, 11) is 1.57. The fourth-order valence-corrected chi connectivity index (χ4v) is 4.10. The molecule has 2 aromatic heterocycles. The highest BCUT2D eigenvalue weighted by molar-refractivity contribution is 6.32. The standard InChI is InChI=1S/C21H22ClN3O3/c1-28-19-6-4-14(9-17(19)22)12-25-18-10-20(24-8-2-3-16(24)13-26)23-11-15(18)5-7-21(25)27/h4-7,9-11,16,26H,2-3,8,12-13H2,1H3/t16-/m0/s1. The Balaban J connectivity index is 1.76. The van der Waals surface area contributed by atoms with E-state index in [1.54, 1.807) is 36.1 Å². The topological polar surface area (TPSA) is 67.6 Å². The van der Waals surface area contributed by atoms with Crippen LogP contribution in [0.5, 0.6) is 5.75 Å². The summed E-state index contributed by atoms with van der Waals surface area (Å²) in [5.74, 6) is 1.39. The van der Waals surface area contributed by atoms with Crippen LogP contribution in [0.2, 0.25) is 5.02 Å². The van der Waals surface area contributed by atoms with Gasteiger partial charge < -0.3 is 19.3 Å². The van der Waals surface area contributed by atoms with Gasteiger partial charge in [0.25, 0.3) is 5.56 Å². The van der Waals surface area contributed by atoms with E-state index in [-0.39, 0.29) is 18.2 Å². The smallest absolute Gasteiger partial charge is 0.251 e. The van der Waals surface area contributed by atoms with Crippen molar-refractivity contribution in [3.05, 3.63) is 63.5 Å². The van der Waals surface area contributed by atoms with Crippen LogP contribution in [0.1, 0.15) is 18.4 Å². The summed E-state index contributed by atoms with van der Waals surface area (Å²) in [6.45, 7) is 1.35. The van der Waals surface area contributed by atoms with E-state index >= 15 is 0 Å². The number of rotatable bonds is 5. The van der Waals surface area contributed by atoms with Gasteiger partial charge in [0.1, 0.15) is 11.6 Å². The number of fused-ring (bicyclic) bond motifs is 1. The highest BCUT2D eigenvalue weighted by Crippen LogP contribution is 2.28. The van der Waals surface area contributed by atoms with Crippen molar-refractivity contribution in [1.82, 2.24) is 9.55 Å². The second-order valence-corrected chi connectivity index (χ2v) is 7.41. The van der Waals surface area contributed by atoms with Gasteiger partial charge in [-0.25, -0.2) is 4.98 Å². The molecule has 0 saturated carbocycles. The van der Waals surface area contributed by atoms with Crippen LogP contribution >= 0.6 is 11.6 Å². The molecule has 1 saturated heterocycles. The van der Waals surface area contributed by atoms with Gasteiger partial charge in [-0.2, -0.15) is 0 Å². The highest BCUT2D eigenvalue weighted by atomic mass is 35.5. The van der Waals surface area contributed by atoms with Crippen molar-refractivity contribution in [2.75, 3.05) is 25.2 Å². The van der Waals surface area contributed by atoms with Crippen LogP contribution in [0, 0.1) is 0 Å². The van der Waals surface area contributed by atoms with Crippen molar-refractivity contribution in [2.45, 2.75) is 25.4 Å². The maximum Gasteiger partial charge on any atom is 0.251 e. The lowest BCUT2D eigenvalue weighted by atomic mass is 10.2. The molecule has 1 aliphatic rings. The molecule has 1 aliphatic heterocycles. The lowest BCUT2D eigenvalue weighted by Crippen LogP contribution is -2.32. The van der Waals surface area contributed by atoms with Crippen LogP contribution in [0.3, 0.4) is 0 Å². The van der Waals surface area contributed by atoms with Gasteiger partial charge in [-0.1, -0.05) is 17.7 Å². The molecule has 1 N–H and O–H groups in total.